The summed E-state index contributed by atoms with van der Waals surface area (Å²) in [5.74, 6) is 0.0959. The number of nitrogens with one attached hydrogen (secondary N) is 1. The largest absolute Gasteiger partial charge is 0.361 e. The minimum atomic E-state index is -0.487. The van der Waals surface area contributed by atoms with Crippen LogP contribution in [0.4, 0.5) is 0 Å². The van der Waals surface area contributed by atoms with Gasteiger partial charge in [-0.2, -0.15) is 0 Å². The van der Waals surface area contributed by atoms with E-state index in [-0.39, 0.29) is 18.2 Å². The van der Waals surface area contributed by atoms with Gasteiger partial charge >= 0.3 is 0 Å². The quantitative estimate of drug-likeness (QED) is 0.841. The minimum Gasteiger partial charge on any atom is -0.361 e. The van der Waals surface area contributed by atoms with Crippen molar-refractivity contribution in [3.63, 3.8) is 0 Å². The van der Waals surface area contributed by atoms with E-state index < -0.39 is 11.6 Å². The third-order valence-corrected chi connectivity index (χ3v) is 3.34. The highest BCUT2D eigenvalue weighted by molar-refractivity contribution is 5.88. The fourth-order valence-corrected chi connectivity index (χ4v) is 2.36. The number of hydrogen-bond acceptors (Lipinski definition) is 5. The van der Waals surface area contributed by atoms with Gasteiger partial charge in [0.25, 0.3) is 5.91 Å². The topological polar surface area (TPSA) is 84.7 Å². The van der Waals surface area contributed by atoms with Gasteiger partial charge in [-0.1, -0.05) is 25.4 Å². The number of aryl methyl sites for hydroxylation is 1. The molecule has 1 aliphatic heterocycles. The number of carbonyl (C=O) groups is 2. The van der Waals surface area contributed by atoms with Crippen LogP contribution in [0.25, 0.3) is 0 Å². The maximum atomic E-state index is 12.4. The first-order chi connectivity index (χ1) is 11.7. The summed E-state index contributed by atoms with van der Waals surface area (Å²) >= 11 is 0. The zero-order valence-electron chi connectivity index (χ0n) is 16.2. The van der Waals surface area contributed by atoms with E-state index in [4.69, 9.17) is 9.36 Å². The second kappa shape index (κ2) is 9.56. The Kier molecular flexibility index (Phi) is 8.09. The lowest BCUT2D eigenvalue weighted by molar-refractivity contribution is -0.153. The van der Waals surface area contributed by atoms with Crippen LogP contribution in [-0.4, -0.2) is 40.1 Å². The molecule has 0 aromatic carbocycles. The average molecular weight is 353 g/mol. The van der Waals surface area contributed by atoms with Gasteiger partial charge in [0.15, 0.2) is 0 Å². The maximum Gasteiger partial charge on any atom is 0.266 e. The third-order valence-electron chi connectivity index (χ3n) is 3.34. The molecule has 1 N–H and O–H groups in total. The van der Waals surface area contributed by atoms with Gasteiger partial charge in [-0.3, -0.25) is 14.4 Å². The molecule has 0 aliphatic carbocycles. The molecule has 7 nitrogen and oxygen atoms in total. The van der Waals surface area contributed by atoms with Gasteiger partial charge in [0.05, 0.1) is 17.7 Å². The first-order valence-corrected chi connectivity index (χ1v) is 8.87. The smallest absolute Gasteiger partial charge is 0.266 e. The van der Waals surface area contributed by atoms with Crippen molar-refractivity contribution >= 4 is 11.8 Å². The van der Waals surface area contributed by atoms with Gasteiger partial charge in [-0.25, -0.2) is 5.48 Å². The first-order valence-electron chi connectivity index (χ1n) is 8.87. The van der Waals surface area contributed by atoms with Gasteiger partial charge in [0.1, 0.15) is 11.8 Å². The molecular formula is C18H31N3O4. The van der Waals surface area contributed by atoms with E-state index in [9.17, 15) is 9.59 Å². The van der Waals surface area contributed by atoms with Gasteiger partial charge in [-0.05, 0) is 40.5 Å². The Bertz CT molecular complexity index is 563. The van der Waals surface area contributed by atoms with Crippen LogP contribution < -0.4 is 5.48 Å². The summed E-state index contributed by atoms with van der Waals surface area (Å²) in [4.78, 5) is 31.4. The van der Waals surface area contributed by atoms with Crippen LogP contribution in [0, 0.1) is 6.92 Å². The van der Waals surface area contributed by atoms with Crippen LogP contribution in [0.3, 0.4) is 0 Å². The lowest BCUT2D eigenvalue weighted by atomic mass is 10.2. The number of hydrogen-bond donors (Lipinski definition) is 1. The molecule has 0 radical (unpaired) electrons. The van der Waals surface area contributed by atoms with Crippen molar-refractivity contribution in [3.05, 3.63) is 17.5 Å². The highest BCUT2D eigenvalue weighted by Crippen LogP contribution is 2.19. The van der Waals surface area contributed by atoms with Gasteiger partial charge in [0.2, 0.25) is 5.91 Å². The monoisotopic (exact) mass is 353 g/mol. The molecule has 2 heterocycles. The number of aromatic nitrogens is 1. The molecule has 1 aromatic rings. The summed E-state index contributed by atoms with van der Waals surface area (Å²) in [5.41, 5.74) is 2.71. The number of hydroxylamine groups is 1. The Morgan fingerprint density at radius 1 is 1.40 bits per heavy atom. The van der Waals surface area contributed by atoms with Crippen molar-refractivity contribution in [3.8, 4) is 0 Å². The molecule has 25 heavy (non-hydrogen) atoms. The summed E-state index contributed by atoms with van der Waals surface area (Å²) in [7, 11) is 0. The van der Waals surface area contributed by atoms with Crippen molar-refractivity contribution in [2.24, 2.45) is 0 Å². The van der Waals surface area contributed by atoms with Crippen molar-refractivity contribution in [1.82, 2.24) is 15.5 Å². The molecule has 2 rings (SSSR count). The summed E-state index contributed by atoms with van der Waals surface area (Å²) in [5, 5.41) is 3.76. The van der Waals surface area contributed by atoms with Crippen molar-refractivity contribution < 1.29 is 18.9 Å². The van der Waals surface area contributed by atoms with E-state index in [1.54, 1.807) is 17.9 Å². The van der Waals surface area contributed by atoms with E-state index >= 15 is 0 Å². The highest BCUT2D eigenvalue weighted by atomic mass is 16.7. The van der Waals surface area contributed by atoms with Crippen molar-refractivity contribution in [2.75, 3.05) is 6.54 Å². The highest BCUT2D eigenvalue weighted by Gasteiger charge is 2.35. The number of likely N-dealkylation sites (tertiary alicyclic amines) is 1. The number of carbonyl (C=O) groups excluding carboxylic acids is 2. The van der Waals surface area contributed by atoms with Crippen LogP contribution in [-0.2, 0) is 20.8 Å². The predicted molar refractivity (Wildman–Crippen MR) is 94.6 cm³/mol. The fourth-order valence-electron chi connectivity index (χ4n) is 2.36. The molecule has 1 atom stereocenters. The van der Waals surface area contributed by atoms with Gasteiger partial charge in [0, 0.05) is 12.6 Å². The molecule has 0 spiro atoms. The fraction of sp³-hybridized carbons (Fsp3) is 0.722. The Hall–Kier alpha value is -1.89. The van der Waals surface area contributed by atoms with Crippen LogP contribution >= 0.6 is 0 Å². The zero-order valence-corrected chi connectivity index (χ0v) is 16.2. The zero-order chi connectivity index (χ0) is 19.0. The lowest BCUT2D eigenvalue weighted by Gasteiger charge is -2.25. The number of nitrogens with zero attached hydrogens (tertiary/aromatic N) is 2. The molecule has 1 fully saturated rings. The van der Waals surface area contributed by atoms with Gasteiger partial charge in [-0.15, -0.1) is 0 Å². The molecule has 1 aromatic heterocycles. The summed E-state index contributed by atoms with van der Waals surface area (Å²) in [6, 6.07) is 1.24. The molecule has 0 bridgehead atoms. The van der Waals surface area contributed by atoms with Crippen molar-refractivity contribution in [1.29, 1.82) is 0 Å². The predicted octanol–water partition coefficient (Wildman–Crippen LogP) is 2.78. The van der Waals surface area contributed by atoms with E-state index in [0.29, 0.717) is 18.7 Å². The Labute approximate surface area is 150 Å². The normalized spacial score (nSPS) is 17.0. The first kappa shape index (κ1) is 21.2. The minimum absolute atomic E-state index is 0.116. The molecule has 1 aliphatic rings. The summed E-state index contributed by atoms with van der Waals surface area (Å²) in [6.45, 7) is 12.2. The van der Waals surface area contributed by atoms with E-state index in [1.807, 2.05) is 20.8 Å². The molecule has 2 amide bonds. The molecule has 1 unspecified atom stereocenters. The second-order valence-electron chi connectivity index (χ2n) is 7.24. The van der Waals surface area contributed by atoms with E-state index in [1.165, 1.54) is 6.42 Å². The lowest BCUT2D eigenvalue weighted by Crippen LogP contribution is -2.48. The van der Waals surface area contributed by atoms with Crippen LogP contribution in [0.1, 0.15) is 65.3 Å². The average Bonchev–Trinajstić information content (AvgIpc) is 3.14. The number of rotatable bonds is 4. The number of amides is 2. The van der Waals surface area contributed by atoms with Crippen LogP contribution in [0.2, 0.25) is 0 Å². The van der Waals surface area contributed by atoms with E-state index in [0.717, 1.165) is 12.1 Å². The SMILES string of the molecule is CCC.Cc1cc(CC(=O)N2CCCC2C(=O)NOC(C)(C)C)on1. The Morgan fingerprint density at radius 3 is 2.56 bits per heavy atom. The van der Waals surface area contributed by atoms with E-state index in [2.05, 4.69) is 24.5 Å². The van der Waals surface area contributed by atoms with Crippen LogP contribution in [0.5, 0.6) is 0 Å². The summed E-state index contributed by atoms with van der Waals surface area (Å²) in [6.07, 6.45) is 2.81. The molecule has 142 valence electrons. The molecule has 7 heteroatoms. The second-order valence-corrected chi connectivity index (χ2v) is 7.24. The third kappa shape index (κ3) is 7.25. The molecule has 0 saturated carbocycles. The Morgan fingerprint density at radius 2 is 2.04 bits per heavy atom. The summed E-state index contributed by atoms with van der Waals surface area (Å²) < 4.78 is 5.06. The Balaban J connectivity index is 0.000000970. The van der Waals surface area contributed by atoms with Crippen molar-refractivity contribution in [2.45, 2.75) is 78.9 Å². The van der Waals surface area contributed by atoms with Crippen LogP contribution in [0.15, 0.2) is 10.6 Å². The maximum absolute atomic E-state index is 12.4. The standard InChI is InChI=1S/C15H23N3O4.C3H8/c1-10-8-11(21-16-10)9-13(19)18-7-5-6-12(18)14(20)17-22-15(2,3)4;1-3-2/h8,12H,5-7,9H2,1-4H3,(H,17,20);3H2,1-2H3. The molecular weight excluding hydrogens is 322 g/mol. The molecule has 1 saturated heterocycles. The van der Waals surface area contributed by atoms with Gasteiger partial charge < -0.3 is 9.42 Å².